The Morgan fingerprint density at radius 3 is 2.66 bits per heavy atom. The number of pyridine rings is 1. The van der Waals surface area contributed by atoms with Crippen LogP contribution in [0, 0.1) is 0 Å². The predicted molar refractivity (Wildman–Crippen MR) is 128 cm³/mol. The van der Waals surface area contributed by atoms with Crippen molar-refractivity contribution in [1.29, 1.82) is 0 Å². The minimum Gasteiger partial charge on any atom is -0.478 e. The number of carboxylic acid groups (broad SMARTS) is 1. The molecule has 0 bridgehead atoms. The molecule has 3 aromatic rings. The molecule has 166 valence electrons. The third-order valence-corrected chi connectivity index (χ3v) is 6.23. The molecular weight excluding hydrogens is 400 g/mol. The molecule has 4 rings (SSSR count). The summed E-state index contributed by atoms with van der Waals surface area (Å²) in [7, 11) is 2.11. The maximum absolute atomic E-state index is 11.5. The van der Waals surface area contributed by atoms with E-state index in [2.05, 4.69) is 77.0 Å². The van der Waals surface area contributed by atoms with Gasteiger partial charge in [0, 0.05) is 31.5 Å². The monoisotopic (exact) mass is 430 g/mol. The molecule has 0 radical (unpaired) electrons. The molecule has 2 heterocycles. The standard InChI is InChI=1S/C26H30N4O2/c1-3-18-4-6-19(7-5-18)15-28-21-8-9-22-20(14-21)11-13-30(2)25(22)17-29-24-16-27-12-10-23(24)26(31)32/h4-10,12,14,16,25,28-29H,3,11,13,15,17H2,1-2H3,(H,31,32)/t25-/m1/s1. The number of nitrogens with one attached hydrogen (secondary N) is 2. The summed E-state index contributed by atoms with van der Waals surface area (Å²) in [5.74, 6) is -0.952. The summed E-state index contributed by atoms with van der Waals surface area (Å²) in [4.78, 5) is 17.9. The highest BCUT2D eigenvalue weighted by molar-refractivity contribution is 5.93. The van der Waals surface area contributed by atoms with Crippen LogP contribution in [-0.4, -0.2) is 41.1 Å². The van der Waals surface area contributed by atoms with Crippen LogP contribution in [0.1, 0.15) is 45.6 Å². The zero-order valence-electron chi connectivity index (χ0n) is 18.6. The minimum atomic E-state index is -0.952. The predicted octanol–water partition coefficient (Wildman–Crippen LogP) is 4.60. The highest BCUT2D eigenvalue weighted by atomic mass is 16.4. The Morgan fingerprint density at radius 2 is 1.91 bits per heavy atom. The second-order valence-corrected chi connectivity index (χ2v) is 8.29. The quantitative estimate of drug-likeness (QED) is 0.485. The minimum absolute atomic E-state index is 0.163. The molecule has 0 spiro atoms. The van der Waals surface area contributed by atoms with Gasteiger partial charge in [-0.2, -0.15) is 0 Å². The number of nitrogens with zero attached hydrogens (tertiary/aromatic N) is 2. The molecule has 0 aliphatic carbocycles. The molecule has 0 fully saturated rings. The van der Waals surface area contributed by atoms with Gasteiger partial charge in [0.1, 0.15) is 0 Å². The van der Waals surface area contributed by atoms with Gasteiger partial charge >= 0.3 is 5.97 Å². The van der Waals surface area contributed by atoms with Crippen LogP contribution in [0.4, 0.5) is 11.4 Å². The zero-order valence-corrected chi connectivity index (χ0v) is 18.6. The molecule has 0 unspecified atom stereocenters. The first-order chi connectivity index (χ1) is 15.5. The Hall–Kier alpha value is -3.38. The average Bonchev–Trinajstić information content (AvgIpc) is 2.82. The van der Waals surface area contributed by atoms with Crippen LogP contribution in [-0.2, 0) is 19.4 Å². The first-order valence-corrected chi connectivity index (χ1v) is 11.1. The van der Waals surface area contributed by atoms with Crippen LogP contribution < -0.4 is 10.6 Å². The Balaban J connectivity index is 1.45. The van der Waals surface area contributed by atoms with E-state index in [0.717, 1.165) is 31.6 Å². The SMILES string of the molecule is CCc1ccc(CNc2ccc3c(c2)CCN(C)[C@@H]3CNc2cnccc2C(=O)O)cc1. The number of anilines is 2. The third-order valence-electron chi connectivity index (χ3n) is 6.23. The number of carbonyl (C=O) groups is 1. The van der Waals surface area contributed by atoms with Crippen molar-refractivity contribution in [2.24, 2.45) is 0 Å². The molecule has 6 nitrogen and oxygen atoms in total. The van der Waals surface area contributed by atoms with Gasteiger partial charge in [-0.25, -0.2) is 4.79 Å². The fraction of sp³-hybridized carbons (Fsp3) is 0.308. The van der Waals surface area contributed by atoms with Gasteiger partial charge in [-0.15, -0.1) is 0 Å². The number of hydrogen-bond acceptors (Lipinski definition) is 5. The van der Waals surface area contributed by atoms with Gasteiger partial charge < -0.3 is 15.7 Å². The molecule has 1 aromatic heterocycles. The van der Waals surface area contributed by atoms with Gasteiger partial charge in [0.25, 0.3) is 0 Å². The van der Waals surface area contributed by atoms with Crippen LogP contribution in [0.5, 0.6) is 0 Å². The lowest BCUT2D eigenvalue weighted by atomic mass is 9.92. The zero-order chi connectivity index (χ0) is 22.5. The molecule has 1 atom stereocenters. The van der Waals surface area contributed by atoms with Gasteiger partial charge in [-0.3, -0.25) is 9.88 Å². The van der Waals surface area contributed by atoms with E-state index in [4.69, 9.17) is 0 Å². The molecule has 0 saturated carbocycles. The first-order valence-electron chi connectivity index (χ1n) is 11.1. The van der Waals surface area contributed by atoms with E-state index in [0.29, 0.717) is 12.2 Å². The Morgan fingerprint density at radius 1 is 1.12 bits per heavy atom. The third kappa shape index (κ3) is 4.92. The van der Waals surface area contributed by atoms with E-state index >= 15 is 0 Å². The topological polar surface area (TPSA) is 77.5 Å². The number of benzene rings is 2. The summed E-state index contributed by atoms with van der Waals surface area (Å²) >= 11 is 0. The fourth-order valence-corrected chi connectivity index (χ4v) is 4.24. The lowest BCUT2D eigenvalue weighted by Crippen LogP contribution is -2.36. The second kappa shape index (κ2) is 9.83. The van der Waals surface area contributed by atoms with Crippen LogP contribution in [0.3, 0.4) is 0 Å². The number of aromatic nitrogens is 1. The molecular formula is C26H30N4O2. The van der Waals surface area contributed by atoms with Crippen LogP contribution in [0.15, 0.2) is 60.9 Å². The molecule has 3 N–H and O–H groups in total. The van der Waals surface area contributed by atoms with Crippen LogP contribution >= 0.6 is 0 Å². The van der Waals surface area contributed by atoms with Crippen LogP contribution in [0.25, 0.3) is 0 Å². The van der Waals surface area contributed by atoms with Crippen molar-refractivity contribution in [3.8, 4) is 0 Å². The maximum atomic E-state index is 11.5. The van der Waals surface area contributed by atoms with Crippen molar-refractivity contribution in [3.63, 3.8) is 0 Å². The summed E-state index contributed by atoms with van der Waals surface area (Å²) < 4.78 is 0. The molecule has 32 heavy (non-hydrogen) atoms. The summed E-state index contributed by atoms with van der Waals surface area (Å²) in [6.45, 7) is 4.54. The van der Waals surface area contributed by atoms with Gasteiger partial charge in [0.05, 0.1) is 23.5 Å². The molecule has 1 aliphatic rings. The number of aryl methyl sites for hydroxylation is 1. The maximum Gasteiger partial charge on any atom is 0.337 e. The summed E-state index contributed by atoms with van der Waals surface area (Å²) in [5.41, 5.74) is 7.16. The molecule has 6 heteroatoms. The lowest BCUT2D eigenvalue weighted by molar-refractivity contribution is 0.0697. The van der Waals surface area contributed by atoms with E-state index < -0.39 is 5.97 Å². The van der Waals surface area contributed by atoms with Gasteiger partial charge in [-0.1, -0.05) is 37.3 Å². The molecule has 0 saturated heterocycles. The number of fused-ring (bicyclic) bond motifs is 1. The second-order valence-electron chi connectivity index (χ2n) is 8.29. The molecule has 0 amide bonds. The largest absolute Gasteiger partial charge is 0.478 e. The van der Waals surface area contributed by atoms with Crippen molar-refractivity contribution < 1.29 is 9.90 Å². The van der Waals surface area contributed by atoms with E-state index in [1.807, 2.05) is 0 Å². The van der Waals surface area contributed by atoms with Crippen molar-refractivity contribution in [2.45, 2.75) is 32.4 Å². The van der Waals surface area contributed by atoms with E-state index in [9.17, 15) is 9.90 Å². The number of likely N-dealkylation sites (N-methyl/N-ethyl adjacent to an activating group) is 1. The number of hydrogen-bond donors (Lipinski definition) is 3. The van der Waals surface area contributed by atoms with E-state index in [1.165, 1.54) is 34.5 Å². The fourth-order valence-electron chi connectivity index (χ4n) is 4.24. The Labute approximate surface area is 189 Å². The summed E-state index contributed by atoms with van der Waals surface area (Å²) in [6, 6.07) is 17.0. The smallest absolute Gasteiger partial charge is 0.337 e. The van der Waals surface area contributed by atoms with E-state index in [-0.39, 0.29) is 11.6 Å². The number of rotatable bonds is 8. The highest BCUT2D eigenvalue weighted by Gasteiger charge is 2.25. The van der Waals surface area contributed by atoms with Crippen molar-refractivity contribution in [2.75, 3.05) is 30.8 Å². The van der Waals surface area contributed by atoms with Crippen molar-refractivity contribution in [1.82, 2.24) is 9.88 Å². The van der Waals surface area contributed by atoms with Gasteiger partial charge in [0.2, 0.25) is 0 Å². The number of aromatic carboxylic acids is 1. The van der Waals surface area contributed by atoms with Gasteiger partial charge in [-0.05, 0) is 60.3 Å². The first kappa shape index (κ1) is 21.8. The van der Waals surface area contributed by atoms with Crippen molar-refractivity contribution >= 4 is 17.3 Å². The van der Waals surface area contributed by atoms with Crippen LogP contribution in [0.2, 0.25) is 0 Å². The average molecular weight is 431 g/mol. The Bertz CT molecular complexity index is 1080. The molecule has 2 aromatic carbocycles. The van der Waals surface area contributed by atoms with Gasteiger partial charge in [0.15, 0.2) is 0 Å². The normalized spacial score (nSPS) is 15.8. The molecule has 1 aliphatic heterocycles. The van der Waals surface area contributed by atoms with Crippen molar-refractivity contribution in [3.05, 3.63) is 88.7 Å². The summed E-state index contributed by atoms with van der Waals surface area (Å²) in [5, 5.41) is 16.3. The summed E-state index contributed by atoms with van der Waals surface area (Å²) in [6.07, 6.45) is 5.13. The number of carboxylic acids is 1. The Kier molecular flexibility index (Phi) is 6.71. The highest BCUT2D eigenvalue weighted by Crippen LogP contribution is 2.31. The van der Waals surface area contributed by atoms with E-state index in [1.54, 1.807) is 6.20 Å². The lowest BCUT2D eigenvalue weighted by Gasteiger charge is -2.35.